The molecule has 0 aliphatic carbocycles. The van der Waals surface area contributed by atoms with Gasteiger partial charge >= 0.3 is 0 Å². The number of hydrogen-bond acceptors (Lipinski definition) is 3. The quantitative estimate of drug-likeness (QED) is 0.661. The average molecular weight is 433 g/mol. The molecular weight excluding hydrogens is 407 g/mol. The number of halogens is 2. The first-order chi connectivity index (χ1) is 14.5. The van der Waals surface area contributed by atoms with Crippen molar-refractivity contribution in [3.63, 3.8) is 0 Å². The van der Waals surface area contributed by atoms with E-state index in [-0.39, 0.29) is 22.5 Å². The summed E-state index contributed by atoms with van der Waals surface area (Å²) in [5, 5.41) is 3.13. The Bertz CT molecular complexity index is 878. The number of aryl methyl sites for hydroxylation is 1. The minimum Gasteiger partial charge on any atom is -0.493 e. The maximum Gasteiger partial charge on any atom is 0.258 e. The molecule has 0 unspecified atom stereocenters. The lowest BCUT2D eigenvalue weighted by Gasteiger charge is -2.32. The summed E-state index contributed by atoms with van der Waals surface area (Å²) >= 11 is 5.99. The number of rotatable bonds is 7. The minimum atomic E-state index is -0.615. The van der Waals surface area contributed by atoms with Gasteiger partial charge in [0.2, 0.25) is 5.91 Å². The molecule has 5 nitrogen and oxygen atoms in total. The fourth-order valence-electron chi connectivity index (χ4n) is 3.52. The predicted molar refractivity (Wildman–Crippen MR) is 114 cm³/mol. The van der Waals surface area contributed by atoms with E-state index >= 15 is 0 Å². The highest BCUT2D eigenvalue weighted by Crippen LogP contribution is 2.23. The molecule has 1 aliphatic rings. The lowest BCUT2D eigenvalue weighted by Crippen LogP contribution is -2.46. The van der Waals surface area contributed by atoms with Crippen LogP contribution in [-0.4, -0.2) is 42.5 Å². The van der Waals surface area contributed by atoms with E-state index in [2.05, 4.69) is 5.32 Å². The molecular formula is C23H26ClFN2O3. The number of likely N-dealkylation sites (tertiary alicyclic amines) is 1. The molecule has 2 aromatic rings. The van der Waals surface area contributed by atoms with Gasteiger partial charge in [-0.2, -0.15) is 0 Å². The molecule has 1 fully saturated rings. The summed E-state index contributed by atoms with van der Waals surface area (Å²) in [6, 6.07) is 12.0. The maximum atomic E-state index is 14.0. The second-order valence-electron chi connectivity index (χ2n) is 7.45. The van der Waals surface area contributed by atoms with Crippen molar-refractivity contribution < 1.29 is 18.7 Å². The van der Waals surface area contributed by atoms with Gasteiger partial charge in [0.15, 0.2) is 0 Å². The van der Waals surface area contributed by atoms with Crippen molar-refractivity contribution in [2.45, 2.75) is 38.6 Å². The molecule has 3 rings (SSSR count). The van der Waals surface area contributed by atoms with Crippen LogP contribution >= 0.6 is 11.6 Å². The highest BCUT2D eigenvalue weighted by molar-refractivity contribution is 6.33. The van der Waals surface area contributed by atoms with Crippen LogP contribution in [0.15, 0.2) is 42.5 Å². The van der Waals surface area contributed by atoms with Crippen LogP contribution in [0.25, 0.3) is 0 Å². The zero-order chi connectivity index (χ0) is 21.5. The molecule has 30 heavy (non-hydrogen) atoms. The monoisotopic (exact) mass is 432 g/mol. The number of para-hydroxylation sites is 1. The van der Waals surface area contributed by atoms with Gasteiger partial charge in [0.1, 0.15) is 11.6 Å². The Balaban J connectivity index is 1.38. The van der Waals surface area contributed by atoms with Gasteiger partial charge in [0.25, 0.3) is 5.91 Å². The topological polar surface area (TPSA) is 58.6 Å². The number of carbonyl (C=O) groups is 2. The van der Waals surface area contributed by atoms with Gasteiger partial charge < -0.3 is 15.0 Å². The molecule has 1 saturated heterocycles. The molecule has 0 radical (unpaired) electrons. The highest BCUT2D eigenvalue weighted by atomic mass is 35.5. The molecule has 2 aromatic carbocycles. The van der Waals surface area contributed by atoms with Crippen molar-refractivity contribution in [3.8, 4) is 5.75 Å². The first kappa shape index (κ1) is 22.1. The normalized spacial score (nSPS) is 14.4. The van der Waals surface area contributed by atoms with Gasteiger partial charge in [-0.3, -0.25) is 9.59 Å². The number of piperidine rings is 1. The third-order valence-corrected chi connectivity index (χ3v) is 5.54. The second kappa shape index (κ2) is 10.4. The summed E-state index contributed by atoms with van der Waals surface area (Å²) in [7, 11) is 0. The largest absolute Gasteiger partial charge is 0.493 e. The van der Waals surface area contributed by atoms with E-state index in [4.69, 9.17) is 16.3 Å². The molecule has 0 aromatic heterocycles. The van der Waals surface area contributed by atoms with E-state index in [9.17, 15) is 14.0 Å². The number of hydrogen-bond donors (Lipinski definition) is 1. The average Bonchev–Trinajstić information content (AvgIpc) is 2.73. The summed E-state index contributed by atoms with van der Waals surface area (Å²) in [4.78, 5) is 26.4. The Morgan fingerprint density at radius 1 is 1.17 bits per heavy atom. The van der Waals surface area contributed by atoms with E-state index in [0.717, 1.165) is 11.3 Å². The summed E-state index contributed by atoms with van der Waals surface area (Å²) in [6.07, 6.45) is 2.27. The second-order valence-corrected chi connectivity index (χ2v) is 7.86. The Kier molecular flexibility index (Phi) is 7.69. The Labute approximate surface area is 181 Å². The molecule has 7 heteroatoms. The Morgan fingerprint density at radius 2 is 1.90 bits per heavy atom. The van der Waals surface area contributed by atoms with Gasteiger partial charge in [-0.25, -0.2) is 4.39 Å². The van der Waals surface area contributed by atoms with Crippen molar-refractivity contribution in [2.75, 3.05) is 19.7 Å². The van der Waals surface area contributed by atoms with Crippen LogP contribution in [0.4, 0.5) is 4.39 Å². The van der Waals surface area contributed by atoms with Gasteiger partial charge in [-0.05, 0) is 49.9 Å². The highest BCUT2D eigenvalue weighted by Gasteiger charge is 2.27. The lowest BCUT2D eigenvalue weighted by atomic mass is 10.0. The van der Waals surface area contributed by atoms with Crippen molar-refractivity contribution in [1.82, 2.24) is 10.2 Å². The smallest absolute Gasteiger partial charge is 0.258 e. The molecule has 160 valence electrons. The maximum absolute atomic E-state index is 14.0. The SMILES string of the molecule is Cc1ccccc1OCCCC(=O)NC1CCN(C(=O)c2c(F)cccc2Cl)CC1. The number of nitrogens with one attached hydrogen (secondary N) is 1. The van der Waals surface area contributed by atoms with E-state index < -0.39 is 11.7 Å². The molecule has 1 aliphatic heterocycles. The van der Waals surface area contributed by atoms with Crippen molar-refractivity contribution >= 4 is 23.4 Å². The van der Waals surface area contributed by atoms with Crippen LogP contribution in [0.5, 0.6) is 5.75 Å². The molecule has 1 heterocycles. The van der Waals surface area contributed by atoms with Crippen LogP contribution in [0.3, 0.4) is 0 Å². The third-order valence-electron chi connectivity index (χ3n) is 5.22. The summed E-state index contributed by atoms with van der Waals surface area (Å²) in [6.45, 7) is 3.36. The molecule has 0 saturated carbocycles. The predicted octanol–water partition coefficient (Wildman–Crippen LogP) is 4.37. The van der Waals surface area contributed by atoms with Crippen LogP contribution < -0.4 is 10.1 Å². The van der Waals surface area contributed by atoms with Gasteiger partial charge in [0, 0.05) is 25.6 Å². The van der Waals surface area contributed by atoms with E-state index in [1.165, 1.54) is 18.2 Å². The van der Waals surface area contributed by atoms with E-state index in [1.54, 1.807) is 4.90 Å². The lowest BCUT2D eigenvalue weighted by molar-refractivity contribution is -0.122. The molecule has 0 bridgehead atoms. The summed E-state index contributed by atoms with van der Waals surface area (Å²) in [5.74, 6) is -0.206. The van der Waals surface area contributed by atoms with Gasteiger partial charge in [-0.1, -0.05) is 35.9 Å². The number of ether oxygens (including phenoxy) is 1. The Hall–Kier alpha value is -2.60. The zero-order valence-electron chi connectivity index (χ0n) is 17.0. The fraction of sp³-hybridized carbons (Fsp3) is 0.391. The number of amides is 2. The minimum absolute atomic E-state index is 0.00919. The van der Waals surface area contributed by atoms with Gasteiger partial charge in [0.05, 0.1) is 17.2 Å². The number of nitrogens with zero attached hydrogens (tertiary/aromatic N) is 1. The van der Waals surface area contributed by atoms with E-state index in [0.29, 0.717) is 45.4 Å². The van der Waals surface area contributed by atoms with Crippen molar-refractivity contribution in [1.29, 1.82) is 0 Å². The molecule has 2 amide bonds. The van der Waals surface area contributed by atoms with Crippen molar-refractivity contribution in [2.24, 2.45) is 0 Å². The van der Waals surface area contributed by atoms with Crippen LogP contribution in [0.2, 0.25) is 5.02 Å². The first-order valence-electron chi connectivity index (χ1n) is 10.2. The summed E-state index contributed by atoms with van der Waals surface area (Å²) in [5.41, 5.74) is 0.982. The third kappa shape index (κ3) is 5.72. The zero-order valence-corrected chi connectivity index (χ0v) is 17.8. The fourth-order valence-corrected chi connectivity index (χ4v) is 3.76. The van der Waals surface area contributed by atoms with Crippen LogP contribution in [-0.2, 0) is 4.79 Å². The number of benzene rings is 2. The summed E-state index contributed by atoms with van der Waals surface area (Å²) < 4.78 is 19.7. The van der Waals surface area contributed by atoms with Crippen LogP contribution in [0, 0.1) is 12.7 Å². The van der Waals surface area contributed by atoms with Crippen molar-refractivity contribution in [3.05, 3.63) is 64.4 Å². The standard InChI is InChI=1S/C23H26ClFN2O3/c1-16-6-2-3-9-20(16)30-15-5-10-21(28)26-17-11-13-27(14-12-17)23(29)22-18(24)7-4-8-19(22)25/h2-4,6-9,17H,5,10-15H2,1H3,(H,26,28). The van der Waals surface area contributed by atoms with E-state index in [1.807, 2.05) is 31.2 Å². The molecule has 0 spiro atoms. The molecule has 0 atom stereocenters. The van der Waals surface area contributed by atoms with Crippen LogP contribution in [0.1, 0.15) is 41.6 Å². The first-order valence-corrected chi connectivity index (χ1v) is 10.5. The Morgan fingerprint density at radius 3 is 2.60 bits per heavy atom. The molecule has 1 N–H and O–H groups in total. The van der Waals surface area contributed by atoms with Gasteiger partial charge in [-0.15, -0.1) is 0 Å². The number of carbonyl (C=O) groups excluding carboxylic acids is 2.